The molecule has 0 saturated carbocycles. The molecule has 0 fully saturated rings. The summed E-state index contributed by atoms with van der Waals surface area (Å²) in [7, 11) is 0. The van der Waals surface area contributed by atoms with Gasteiger partial charge in [-0.25, -0.2) is 0 Å². The van der Waals surface area contributed by atoms with Gasteiger partial charge in [0.15, 0.2) is 0 Å². The third-order valence-corrected chi connectivity index (χ3v) is 5.20. The monoisotopic (exact) mass is 395 g/mol. The Morgan fingerprint density at radius 3 is 2.68 bits per heavy atom. The molecule has 2 aromatic heterocycles. The fourth-order valence-corrected chi connectivity index (χ4v) is 3.43. The number of benzene rings is 1. The van der Waals surface area contributed by atoms with Crippen molar-refractivity contribution in [3.05, 3.63) is 56.5 Å². The van der Waals surface area contributed by atoms with Gasteiger partial charge in [0, 0.05) is 28.3 Å². The van der Waals surface area contributed by atoms with Crippen molar-refractivity contribution in [2.45, 2.75) is 25.8 Å². The zero-order valence-electron chi connectivity index (χ0n) is 13.3. The van der Waals surface area contributed by atoms with Gasteiger partial charge in [-0.05, 0) is 43.3 Å². The van der Waals surface area contributed by atoms with Gasteiger partial charge in [0.25, 0.3) is 0 Å². The zero-order chi connectivity index (χ0) is 17.8. The lowest BCUT2D eigenvalue weighted by Crippen LogP contribution is -2.26. The van der Waals surface area contributed by atoms with Crippen molar-refractivity contribution in [1.29, 1.82) is 0 Å². The fourth-order valence-electron chi connectivity index (χ4n) is 2.24. The largest absolute Gasteiger partial charge is 0.349 e. The summed E-state index contributed by atoms with van der Waals surface area (Å²) in [6, 6.07) is 10.8. The molecule has 1 atom stereocenters. The molecule has 1 N–H and O–H groups in total. The van der Waals surface area contributed by atoms with Gasteiger partial charge in [0.1, 0.15) is 0 Å². The maximum absolute atomic E-state index is 12.1. The molecule has 0 aliphatic carbocycles. The van der Waals surface area contributed by atoms with Crippen LogP contribution in [0, 0.1) is 0 Å². The highest BCUT2D eigenvalue weighted by atomic mass is 35.5. The molecule has 3 aromatic rings. The van der Waals surface area contributed by atoms with Crippen LogP contribution in [0.5, 0.6) is 0 Å². The van der Waals surface area contributed by atoms with E-state index in [2.05, 4.69) is 15.5 Å². The van der Waals surface area contributed by atoms with Crippen molar-refractivity contribution in [2.24, 2.45) is 0 Å². The van der Waals surface area contributed by atoms with E-state index >= 15 is 0 Å². The molecule has 1 aromatic carbocycles. The summed E-state index contributed by atoms with van der Waals surface area (Å²) >= 11 is 13.2. The Kier molecular flexibility index (Phi) is 5.73. The van der Waals surface area contributed by atoms with Crippen molar-refractivity contribution >= 4 is 40.4 Å². The first-order valence-corrected chi connectivity index (χ1v) is 9.21. The van der Waals surface area contributed by atoms with Crippen LogP contribution in [0.4, 0.5) is 0 Å². The highest BCUT2D eigenvalue weighted by molar-refractivity contribution is 7.16. The molecule has 2 heterocycles. The number of amides is 1. The van der Waals surface area contributed by atoms with Crippen LogP contribution < -0.4 is 5.32 Å². The number of carbonyl (C=O) groups excluding carboxylic acids is 1. The minimum absolute atomic E-state index is 0.0803. The van der Waals surface area contributed by atoms with E-state index < -0.39 is 0 Å². The Morgan fingerprint density at radius 1 is 1.24 bits per heavy atom. The minimum Gasteiger partial charge on any atom is -0.349 e. The van der Waals surface area contributed by atoms with Gasteiger partial charge in [-0.1, -0.05) is 28.4 Å². The number of aromatic nitrogens is 2. The van der Waals surface area contributed by atoms with E-state index in [1.807, 2.05) is 31.2 Å². The number of nitrogens with one attached hydrogen (secondary N) is 1. The third-order valence-electron chi connectivity index (χ3n) is 3.53. The van der Waals surface area contributed by atoms with Crippen molar-refractivity contribution < 1.29 is 9.32 Å². The van der Waals surface area contributed by atoms with Gasteiger partial charge in [0.05, 0.1) is 10.4 Å². The SMILES string of the molecule is CC(NC(=O)CCc1nc(-c2ccc(Cl)cc2)no1)c1ccc(Cl)s1. The first kappa shape index (κ1) is 17.9. The lowest BCUT2D eigenvalue weighted by Gasteiger charge is -2.11. The summed E-state index contributed by atoms with van der Waals surface area (Å²) in [5.74, 6) is 0.823. The highest BCUT2D eigenvalue weighted by Crippen LogP contribution is 2.26. The van der Waals surface area contributed by atoms with Crippen LogP contribution in [0.15, 0.2) is 40.9 Å². The average Bonchev–Trinajstić information content (AvgIpc) is 3.23. The van der Waals surface area contributed by atoms with Gasteiger partial charge < -0.3 is 9.84 Å². The maximum atomic E-state index is 12.1. The quantitative estimate of drug-likeness (QED) is 0.643. The van der Waals surface area contributed by atoms with Gasteiger partial charge in [-0.3, -0.25) is 4.79 Å². The number of hydrogen-bond acceptors (Lipinski definition) is 5. The third kappa shape index (κ3) is 4.81. The van der Waals surface area contributed by atoms with Gasteiger partial charge >= 0.3 is 0 Å². The Labute approximate surface area is 159 Å². The smallest absolute Gasteiger partial charge is 0.227 e. The molecule has 1 amide bonds. The second-order valence-electron chi connectivity index (χ2n) is 5.45. The molecule has 0 aliphatic heterocycles. The Balaban J connectivity index is 1.53. The molecule has 0 radical (unpaired) electrons. The van der Waals surface area contributed by atoms with Crippen LogP contribution in [-0.4, -0.2) is 16.0 Å². The number of carbonyl (C=O) groups is 1. The normalized spacial score (nSPS) is 12.1. The highest BCUT2D eigenvalue weighted by Gasteiger charge is 2.14. The number of thiophene rings is 1. The van der Waals surface area contributed by atoms with E-state index in [0.29, 0.717) is 27.5 Å². The van der Waals surface area contributed by atoms with Crippen LogP contribution in [0.25, 0.3) is 11.4 Å². The standard InChI is InChI=1S/C17H15Cl2N3O2S/c1-10(13-6-7-14(19)25-13)20-15(23)8-9-16-21-17(22-24-16)11-2-4-12(18)5-3-11/h2-7,10H,8-9H2,1H3,(H,20,23). The number of aryl methyl sites for hydroxylation is 1. The molecule has 5 nitrogen and oxygen atoms in total. The molecule has 0 spiro atoms. The minimum atomic E-state index is -0.0858. The first-order valence-electron chi connectivity index (χ1n) is 7.64. The number of nitrogens with zero attached hydrogens (tertiary/aromatic N) is 2. The molecule has 130 valence electrons. The first-order chi connectivity index (χ1) is 12.0. The lowest BCUT2D eigenvalue weighted by atomic mass is 10.2. The summed E-state index contributed by atoms with van der Waals surface area (Å²) in [6.07, 6.45) is 0.649. The summed E-state index contributed by atoms with van der Waals surface area (Å²) in [4.78, 5) is 17.4. The van der Waals surface area contributed by atoms with Gasteiger partial charge in [-0.2, -0.15) is 4.98 Å². The Hall–Kier alpha value is -1.89. The predicted molar refractivity (Wildman–Crippen MR) is 99.0 cm³/mol. The zero-order valence-corrected chi connectivity index (χ0v) is 15.7. The predicted octanol–water partition coefficient (Wildman–Crippen LogP) is 4.91. The molecular weight excluding hydrogens is 381 g/mol. The maximum Gasteiger partial charge on any atom is 0.227 e. The summed E-state index contributed by atoms with van der Waals surface area (Å²) in [5, 5.41) is 7.51. The van der Waals surface area contributed by atoms with Crippen LogP contribution in [0.2, 0.25) is 9.36 Å². The second-order valence-corrected chi connectivity index (χ2v) is 7.63. The van der Waals surface area contributed by atoms with Gasteiger partial charge in [-0.15, -0.1) is 11.3 Å². The van der Waals surface area contributed by atoms with Crippen molar-refractivity contribution in [3.8, 4) is 11.4 Å². The molecule has 25 heavy (non-hydrogen) atoms. The second kappa shape index (κ2) is 7.99. The molecular formula is C17H15Cl2N3O2S. The van der Waals surface area contributed by atoms with Crippen molar-refractivity contribution in [3.63, 3.8) is 0 Å². The number of hydrogen-bond donors (Lipinski definition) is 1. The van der Waals surface area contributed by atoms with Crippen molar-refractivity contribution in [1.82, 2.24) is 15.5 Å². The number of halogens is 2. The topological polar surface area (TPSA) is 68.0 Å². The summed E-state index contributed by atoms with van der Waals surface area (Å²) in [6.45, 7) is 1.92. The lowest BCUT2D eigenvalue weighted by molar-refractivity contribution is -0.121. The van der Waals surface area contributed by atoms with E-state index in [-0.39, 0.29) is 18.4 Å². The van der Waals surface area contributed by atoms with Gasteiger partial charge in [0.2, 0.25) is 17.6 Å². The van der Waals surface area contributed by atoms with Crippen LogP contribution in [0.3, 0.4) is 0 Å². The molecule has 0 aliphatic rings. The molecule has 0 bridgehead atoms. The van der Waals surface area contributed by atoms with E-state index in [1.165, 1.54) is 11.3 Å². The molecule has 1 unspecified atom stereocenters. The Morgan fingerprint density at radius 2 is 2.00 bits per heavy atom. The summed E-state index contributed by atoms with van der Waals surface area (Å²) < 4.78 is 5.91. The molecule has 8 heteroatoms. The molecule has 3 rings (SSSR count). The van der Waals surface area contributed by atoms with Crippen molar-refractivity contribution in [2.75, 3.05) is 0 Å². The number of rotatable bonds is 6. The van der Waals surface area contributed by atoms with E-state index in [9.17, 15) is 4.79 Å². The van der Waals surface area contributed by atoms with E-state index in [4.69, 9.17) is 27.7 Å². The van der Waals surface area contributed by atoms with E-state index in [1.54, 1.807) is 12.1 Å². The van der Waals surface area contributed by atoms with Crippen LogP contribution in [0.1, 0.15) is 30.2 Å². The Bertz CT molecular complexity index is 861. The summed E-state index contributed by atoms with van der Waals surface area (Å²) in [5.41, 5.74) is 0.812. The van der Waals surface area contributed by atoms with Crippen LogP contribution in [-0.2, 0) is 11.2 Å². The average molecular weight is 396 g/mol. The molecule has 0 saturated heterocycles. The van der Waals surface area contributed by atoms with E-state index in [0.717, 1.165) is 10.4 Å². The van der Waals surface area contributed by atoms with Crippen LogP contribution >= 0.6 is 34.5 Å². The fraction of sp³-hybridized carbons (Fsp3) is 0.235.